The third-order valence-corrected chi connectivity index (χ3v) is 5.32. The highest BCUT2D eigenvalue weighted by Gasteiger charge is 2.24. The lowest BCUT2D eigenvalue weighted by Crippen LogP contribution is -2.04. The molecule has 0 spiro atoms. The second-order valence-electron chi connectivity index (χ2n) is 6.16. The molecule has 1 aliphatic heterocycles. The van der Waals surface area contributed by atoms with Crippen molar-refractivity contribution in [2.45, 2.75) is 20.3 Å². The van der Waals surface area contributed by atoms with Crippen molar-refractivity contribution in [3.8, 4) is 16.9 Å². The Kier molecular flexibility index (Phi) is 3.78. The van der Waals surface area contributed by atoms with E-state index < -0.39 is 0 Å². The molecule has 4 rings (SSSR count). The van der Waals surface area contributed by atoms with E-state index in [2.05, 4.69) is 37.4 Å². The summed E-state index contributed by atoms with van der Waals surface area (Å²) < 4.78 is 1.99. The van der Waals surface area contributed by atoms with Gasteiger partial charge in [-0.1, -0.05) is 35.3 Å². The lowest BCUT2D eigenvalue weighted by molar-refractivity contribution is 0.880. The van der Waals surface area contributed by atoms with E-state index in [4.69, 9.17) is 28.3 Å². The third kappa shape index (κ3) is 2.48. The summed E-state index contributed by atoms with van der Waals surface area (Å²) in [6, 6.07) is 12.1. The molecule has 0 unspecified atom stereocenters. The topological polar surface area (TPSA) is 29.9 Å². The van der Waals surface area contributed by atoms with E-state index in [0.717, 1.165) is 35.7 Å². The zero-order valence-electron chi connectivity index (χ0n) is 13.5. The van der Waals surface area contributed by atoms with Crippen molar-refractivity contribution >= 4 is 29.0 Å². The lowest BCUT2D eigenvalue weighted by atomic mass is 10.1. The Balaban J connectivity index is 1.88. The molecular formula is C19H17Cl2N3. The van der Waals surface area contributed by atoms with E-state index in [-0.39, 0.29) is 0 Å². The highest BCUT2D eigenvalue weighted by atomic mass is 35.5. The highest BCUT2D eigenvalue weighted by molar-refractivity contribution is 6.42. The zero-order valence-corrected chi connectivity index (χ0v) is 15.0. The van der Waals surface area contributed by atoms with E-state index in [1.807, 2.05) is 22.9 Å². The second kappa shape index (κ2) is 5.83. The van der Waals surface area contributed by atoms with E-state index in [0.29, 0.717) is 10.0 Å². The Morgan fingerprint density at radius 3 is 2.58 bits per heavy atom. The average Bonchev–Trinajstić information content (AvgIpc) is 3.15. The van der Waals surface area contributed by atoms with Crippen molar-refractivity contribution < 1.29 is 0 Å². The SMILES string of the molecule is Cc1ccc(-n2nc(-c3ccc(Cl)c(Cl)c3)c3c2NCC3)cc1C. The molecule has 3 nitrogen and oxygen atoms in total. The minimum Gasteiger partial charge on any atom is -0.369 e. The smallest absolute Gasteiger partial charge is 0.133 e. The molecule has 1 aliphatic rings. The molecule has 0 amide bonds. The maximum absolute atomic E-state index is 6.19. The molecule has 122 valence electrons. The summed E-state index contributed by atoms with van der Waals surface area (Å²) in [7, 11) is 0. The molecule has 0 atom stereocenters. The second-order valence-corrected chi connectivity index (χ2v) is 6.98. The van der Waals surface area contributed by atoms with Crippen LogP contribution in [0.5, 0.6) is 0 Å². The van der Waals surface area contributed by atoms with Gasteiger partial charge < -0.3 is 5.32 Å². The third-order valence-electron chi connectivity index (χ3n) is 4.58. The van der Waals surface area contributed by atoms with Crippen LogP contribution in [-0.2, 0) is 6.42 Å². The van der Waals surface area contributed by atoms with Crippen molar-refractivity contribution in [3.63, 3.8) is 0 Å². The Hall–Kier alpha value is -1.97. The van der Waals surface area contributed by atoms with Gasteiger partial charge in [0.05, 0.1) is 21.4 Å². The standard InChI is InChI=1S/C19H17Cl2N3/c1-11-3-5-14(9-12(11)2)24-19-15(7-8-22-19)18(23-24)13-4-6-16(20)17(21)10-13/h3-6,9-10,22H,7-8H2,1-2H3. The Morgan fingerprint density at radius 1 is 1.00 bits per heavy atom. The Labute approximate surface area is 151 Å². The van der Waals surface area contributed by atoms with Crippen molar-refractivity contribution in [2.24, 2.45) is 0 Å². The monoisotopic (exact) mass is 357 g/mol. The first-order chi connectivity index (χ1) is 11.5. The molecule has 3 aromatic rings. The van der Waals surface area contributed by atoms with Crippen LogP contribution in [0.1, 0.15) is 16.7 Å². The number of hydrogen-bond donors (Lipinski definition) is 1. The fourth-order valence-corrected chi connectivity index (χ4v) is 3.39. The Bertz CT molecular complexity index is 870. The highest BCUT2D eigenvalue weighted by Crippen LogP contribution is 2.36. The number of halogens is 2. The molecule has 0 saturated heterocycles. The quantitative estimate of drug-likeness (QED) is 0.662. The predicted molar refractivity (Wildman–Crippen MR) is 101 cm³/mol. The number of nitrogens with zero attached hydrogens (tertiary/aromatic N) is 2. The summed E-state index contributed by atoms with van der Waals surface area (Å²) in [5.74, 6) is 1.07. The van der Waals surface area contributed by atoms with Gasteiger partial charge >= 0.3 is 0 Å². The van der Waals surface area contributed by atoms with Crippen LogP contribution in [0.3, 0.4) is 0 Å². The van der Waals surface area contributed by atoms with Gasteiger partial charge in [0.25, 0.3) is 0 Å². The van der Waals surface area contributed by atoms with Gasteiger partial charge in [0.1, 0.15) is 5.82 Å². The molecule has 2 heterocycles. The minimum atomic E-state index is 0.551. The van der Waals surface area contributed by atoms with Crippen molar-refractivity contribution in [2.75, 3.05) is 11.9 Å². The predicted octanol–water partition coefficient (Wildman–Crippen LogP) is 5.43. The van der Waals surface area contributed by atoms with Gasteiger partial charge in [0, 0.05) is 17.7 Å². The summed E-state index contributed by atoms with van der Waals surface area (Å²) >= 11 is 12.2. The van der Waals surface area contributed by atoms with Gasteiger partial charge in [-0.15, -0.1) is 0 Å². The fraction of sp³-hybridized carbons (Fsp3) is 0.211. The molecule has 1 aromatic heterocycles. The normalized spacial score (nSPS) is 13.0. The van der Waals surface area contributed by atoms with Crippen LogP contribution in [-0.4, -0.2) is 16.3 Å². The van der Waals surface area contributed by atoms with Crippen LogP contribution >= 0.6 is 23.2 Å². The number of fused-ring (bicyclic) bond motifs is 1. The lowest BCUT2D eigenvalue weighted by Gasteiger charge is -2.09. The summed E-state index contributed by atoms with van der Waals surface area (Å²) in [4.78, 5) is 0. The van der Waals surface area contributed by atoms with Gasteiger partial charge in [-0.05, 0) is 55.7 Å². The maximum Gasteiger partial charge on any atom is 0.133 e. The molecular weight excluding hydrogens is 341 g/mol. The van der Waals surface area contributed by atoms with Crippen LogP contribution in [0, 0.1) is 13.8 Å². The number of hydrogen-bond acceptors (Lipinski definition) is 2. The van der Waals surface area contributed by atoms with Crippen LogP contribution < -0.4 is 5.32 Å². The van der Waals surface area contributed by atoms with E-state index in [1.54, 1.807) is 0 Å². The minimum absolute atomic E-state index is 0.551. The molecule has 0 aliphatic carbocycles. The summed E-state index contributed by atoms with van der Waals surface area (Å²) in [6.07, 6.45) is 0.954. The molecule has 5 heteroatoms. The van der Waals surface area contributed by atoms with Gasteiger partial charge in [0.2, 0.25) is 0 Å². The van der Waals surface area contributed by atoms with E-state index >= 15 is 0 Å². The number of aryl methyl sites for hydroxylation is 2. The van der Waals surface area contributed by atoms with Gasteiger partial charge in [-0.25, -0.2) is 4.68 Å². The summed E-state index contributed by atoms with van der Waals surface area (Å²) in [5, 5.41) is 9.43. The van der Waals surface area contributed by atoms with Gasteiger partial charge in [-0.2, -0.15) is 5.10 Å². The van der Waals surface area contributed by atoms with Crippen molar-refractivity contribution in [3.05, 3.63) is 63.1 Å². The van der Waals surface area contributed by atoms with Crippen LogP contribution in [0.25, 0.3) is 16.9 Å². The average molecular weight is 358 g/mol. The number of rotatable bonds is 2. The molecule has 0 fully saturated rings. The largest absolute Gasteiger partial charge is 0.369 e. The van der Waals surface area contributed by atoms with Crippen molar-refractivity contribution in [1.82, 2.24) is 9.78 Å². The van der Waals surface area contributed by atoms with Gasteiger partial charge in [-0.3, -0.25) is 0 Å². The number of aromatic nitrogens is 2. The zero-order chi connectivity index (χ0) is 16.8. The van der Waals surface area contributed by atoms with E-state index in [1.165, 1.54) is 16.7 Å². The van der Waals surface area contributed by atoms with Crippen LogP contribution in [0.2, 0.25) is 10.0 Å². The molecule has 24 heavy (non-hydrogen) atoms. The first-order valence-corrected chi connectivity index (χ1v) is 8.69. The molecule has 2 aromatic carbocycles. The van der Waals surface area contributed by atoms with Crippen LogP contribution in [0.4, 0.5) is 5.82 Å². The summed E-state index contributed by atoms with van der Waals surface area (Å²) in [5.41, 5.74) is 6.78. The fourth-order valence-electron chi connectivity index (χ4n) is 3.09. The number of nitrogens with one attached hydrogen (secondary N) is 1. The Morgan fingerprint density at radius 2 is 1.83 bits per heavy atom. The van der Waals surface area contributed by atoms with Gasteiger partial charge in [0.15, 0.2) is 0 Å². The van der Waals surface area contributed by atoms with Crippen molar-refractivity contribution in [1.29, 1.82) is 0 Å². The first-order valence-electron chi connectivity index (χ1n) is 7.93. The molecule has 0 bridgehead atoms. The number of benzene rings is 2. The molecule has 1 N–H and O–H groups in total. The number of anilines is 1. The van der Waals surface area contributed by atoms with E-state index in [9.17, 15) is 0 Å². The van der Waals surface area contributed by atoms with Crippen LogP contribution in [0.15, 0.2) is 36.4 Å². The molecule has 0 radical (unpaired) electrons. The maximum atomic E-state index is 6.19. The molecule has 0 saturated carbocycles. The summed E-state index contributed by atoms with van der Waals surface area (Å²) in [6.45, 7) is 5.16. The first kappa shape index (κ1) is 15.6.